The van der Waals surface area contributed by atoms with Crippen LogP contribution in [-0.2, 0) is 16.4 Å². The number of rotatable bonds is 3. The van der Waals surface area contributed by atoms with Crippen LogP contribution in [-0.4, -0.2) is 29.7 Å². The zero-order chi connectivity index (χ0) is 12.0. The van der Waals surface area contributed by atoms with Crippen LogP contribution in [0, 0.1) is 0 Å². The summed E-state index contributed by atoms with van der Waals surface area (Å²) in [5.41, 5.74) is 7.98. The van der Waals surface area contributed by atoms with Crippen LogP contribution in [0.4, 0.5) is 0 Å². The molecule has 1 aliphatic heterocycles. The minimum absolute atomic E-state index is 0.0240. The SMILES string of the molecule is NCc1cnn(C2CCS(=O)(=O)C2)c1C1CC1. The molecule has 1 unspecified atom stereocenters. The Bertz CT molecular complexity index is 531. The smallest absolute Gasteiger partial charge is 0.152 e. The molecule has 0 amide bonds. The summed E-state index contributed by atoms with van der Waals surface area (Å²) in [6.45, 7) is 0.491. The van der Waals surface area contributed by atoms with Crippen molar-refractivity contribution in [1.82, 2.24) is 9.78 Å². The molecule has 2 fully saturated rings. The fourth-order valence-electron chi connectivity index (χ4n) is 2.63. The van der Waals surface area contributed by atoms with Crippen LogP contribution < -0.4 is 5.73 Å². The molecule has 5 nitrogen and oxygen atoms in total. The van der Waals surface area contributed by atoms with E-state index in [0.717, 1.165) is 5.56 Å². The number of nitrogens with two attached hydrogens (primary N) is 1. The van der Waals surface area contributed by atoms with Crippen molar-refractivity contribution in [2.45, 2.75) is 37.8 Å². The van der Waals surface area contributed by atoms with Gasteiger partial charge in [0.2, 0.25) is 0 Å². The third kappa shape index (κ3) is 1.99. The Kier molecular flexibility index (Phi) is 2.52. The Morgan fingerprint density at radius 3 is 2.71 bits per heavy atom. The van der Waals surface area contributed by atoms with Gasteiger partial charge in [-0.25, -0.2) is 8.42 Å². The summed E-state index contributed by atoms with van der Waals surface area (Å²) in [4.78, 5) is 0. The van der Waals surface area contributed by atoms with Crippen molar-refractivity contribution in [3.8, 4) is 0 Å². The van der Waals surface area contributed by atoms with E-state index in [9.17, 15) is 8.42 Å². The maximum absolute atomic E-state index is 11.5. The van der Waals surface area contributed by atoms with E-state index < -0.39 is 9.84 Å². The van der Waals surface area contributed by atoms with Crippen molar-refractivity contribution in [2.75, 3.05) is 11.5 Å². The number of hydrogen-bond donors (Lipinski definition) is 1. The van der Waals surface area contributed by atoms with Gasteiger partial charge in [0, 0.05) is 23.7 Å². The molecular weight excluding hydrogens is 238 g/mol. The van der Waals surface area contributed by atoms with Crippen molar-refractivity contribution in [3.05, 3.63) is 17.5 Å². The molecule has 2 aliphatic rings. The predicted octanol–water partition coefficient (Wildman–Crippen LogP) is 0.579. The summed E-state index contributed by atoms with van der Waals surface area (Å²) in [5, 5.41) is 4.37. The van der Waals surface area contributed by atoms with Crippen LogP contribution in [0.25, 0.3) is 0 Å². The molecule has 6 heteroatoms. The van der Waals surface area contributed by atoms with E-state index in [4.69, 9.17) is 5.73 Å². The van der Waals surface area contributed by atoms with Gasteiger partial charge in [-0.3, -0.25) is 4.68 Å². The molecular formula is C11H17N3O2S. The third-order valence-corrected chi connectivity index (χ3v) is 5.40. The summed E-state index contributed by atoms with van der Waals surface area (Å²) in [5.74, 6) is 1.08. The third-order valence-electron chi connectivity index (χ3n) is 3.65. The molecule has 1 aromatic rings. The normalized spacial score (nSPS) is 27.5. The van der Waals surface area contributed by atoms with E-state index >= 15 is 0 Å². The summed E-state index contributed by atoms with van der Waals surface area (Å²) < 4.78 is 25.0. The Balaban J connectivity index is 1.95. The first kappa shape index (κ1) is 11.2. The Labute approximate surface area is 101 Å². The van der Waals surface area contributed by atoms with Crippen molar-refractivity contribution >= 4 is 9.84 Å². The quantitative estimate of drug-likeness (QED) is 0.857. The van der Waals surface area contributed by atoms with E-state index in [2.05, 4.69) is 5.10 Å². The maximum Gasteiger partial charge on any atom is 0.152 e. The van der Waals surface area contributed by atoms with Crippen LogP contribution in [0.2, 0.25) is 0 Å². The van der Waals surface area contributed by atoms with Gasteiger partial charge in [-0.2, -0.15) is 5.10 Å². The van der Waals surface area contributed by atoms with Crippen LogP contribution in [0.15, 0.2) is 6.20 Å². The summed E-state index contributed by atoms with van der Waals surface area (Å²) in [7, 11) is -2.86. The van der Waals surface area contributed by atoms with Gasteiger partial charge in [0.15, 0.2) is 9.84 Å². The van der Waals surface area contributed by atoms with Crippen LogP contribution >= 0.6 is 0 Å². The fraction of sp³-hybridized carbons (Fsp3) is 0.727. The Morgan fingerprint density at radius 2 is 2.18 bits per heavy atom. The lowest BCUT2D eigenvalue weighted by molar-refractivity contribution is 0.479. The van der Waals surface area contributed by atoms with Crippen molar-refractivity contribution < 1.29 is 8.42 Å². The monoisotopic (exact) mass is 255 g/mol. The molecule has 3 rings (SSSR count). The van der Waals surface area contributed by atoms with E-state index in [1.807, 2.05) is 4.68 Å². The van der Waals surface area contributed by atoms with E-state index in [0.29, 0.717) is 24.6 Å². The molecule has 1 aliphatic carbocycles. The highest BCUT2D eigenvalue weighted by Crippen LogP contribution is 2.43. The first-order chi connectivity index (χ1) is 8.11. The minimum Gasteiger partial charge on any atom is -0.326 e. The lowest BCUT2D eigenvalue weighted by atomic mass is 10.1. The van der Waals surface area contributed by atoms with Gasteiger partial charge in [-0.05, 0) is 19.3 Å². The molecule has 0 aromatic carbocycles. The summed E-state index contributed by atoms with van der Waals surface area (Å²) >= 11 is 0. The average Bonchev–Trinajstić information content (AvgIpc) is 2.93. The van der Waals surface area contributed by atoms with Crippen molar-refractivity contribution in [3.63, 3.8) is 0 Å². The second-order valence-corrected chi connectivity index (χ2v) is 7.26. The molecule has 1 atom stereocenters. The fourth-order valence-corrected chi connectivity index (χ4v) is 4.32. The highest BCUT2D eigenvalue weighted by atomic mass is 32.2. The molecule has 0 radical (unpaired) electrons. The standard InChI is InChI=1S/C11H17N3O2S/c12-5-9-6-13-14(11(9)8-1-2-8)10-3-4-17(15,16)7-10/h6,8,10H,1-5,7,12H2. The molecule has 0 spiro atoms. The average molecular weight is 255 g/mol. The van der Waals surface area contributed by atoms with Crippen LogP contribution in [0.1, 0.15) is 42.5 Å². The lowest BCUT2D eigenvalue weighted by Crippen LogP contribution is -2.15. The van der Waals surface area contributed by atoms with Gasteiger partial charge in [0.25, 0.3) is 0 Å². The van der Waals surface area contributed by atoms with Crippen LogP contribution in [0.3, 0.4) is 0 Å². The van der Waals surface area contributed by atoms with Gasteiger partial charge in [-0.15, -0.1) is 0 Å². The second kappa shape index (κ2) is 3.81. The lowest BCUT2D eigenvalue weighted by Gasteiger charge is -2.13. The van der Waals surface area contributed by atoms with E-state index in [1.165, 1.54) is 18.5 Å². The van der Waals surface area contributed by atoms with Crippen molar-refractivity contribution in [1.29, 1.82) is 0 Å². The molecule has 17 heavy (non-hydrogen) atoms. The van der Waals surface area contributed by atoms with E-state index in [-0.39, 0.29) is 11.8 Å². The molecule has 94 valence electrons. The first-order valence-electron chi connectivity index (χ1n) is 6.07. The molecule has 2 N–H and O–H groups in total. The summed E-state index contributed by atoms with van der Waals surface area (Å²) in [6, 6.07) is 0.0240. The molecule has 1 aromatic heterocycles. The van der Waals surface area contributed by atoms with Gasteiger partial charge in [0.1, 0.15) is 0 Å². The molecule has 1 saturated heterocycles. The highest BCUT2D eigenvalue weighted by Gasteiger charge is 2.36. The zero-order valence-corrected chi connectivity index (χ0v) is 10.5. The largest absolute Gasteiger partial charge is 0.326 e. The number of hydrogen-bond acceptors (Lipinski definition) is 4. The molecule has 1 saturated carbocycles. The number of aromatic nitrogens is 2. The second-order valence-electron chi connectivity index (χ2n) is 5.03. The Hall–Kier alpha value is -0.880. The molecule has 0 bridgehead atoms. The first-order valence-corrected chi connectivity index (χ1v) is 7.89. The van der Waals surface area contributed by atoms with Crippen LogP contribution in [0.5, 0.6) is 0 Å². The molecule has 2 heterocycles. The topological polar surface area (TPSA) is 78.0 Å². The number of sulfone groups is 1. The van der Waals surface area contributed by atoms with Gasteiger partial charge >= 0.3 is 0 Å². The van der Waals surface area contributed by atoms with Gasteiger partial charge in [0.05, 0.1) is 23.7 Å². The summed E-state index contributed by atoms with van der Waals surface area (Å²) in [6.07, 6.45) is 4.85. The van der Waals surface area contributed by atoms with E-state index in [1.54, 1.807) is 6.20 Å². The van der Waals surface area contributed by atoms with Gasteiger partial charge in [-0.1, -0.05) is 0 Å². The number of nitrogens with zero attached hydrogens (tertiary/aromatic N) is 2. The maximum atomic E-state index is 11.5. The Morgan fingerprint density at radius 1 is 1.41 bits per heavy atom. The van der Waals surface area contributed by atoms with Crippen molar-refractivity contribution in [2.24, 2.45) is 5.73 Å². The zero-order valence-electron chi connectivity index (χ0n) is 9.67. The van der Waals surface area contributed by atoms with Gasteiger partial charge < -0.3 is 5.73 Å². The highest BCUT2D eigenvalue weighted by molar-refractivity contribution is 7.91. The minimum atomic E-state index is -2.86. The predicted molar refractivity (Wildman–Crippen MR) is 64.4 cm³/mol.